The van der Waals surface area contributed by atoms with Crippen molar-refractivity contribution in [1.29, 1.82) is 0 Å². The number of aliphatic hydroxyl groups excluding tert-OH is 1. The molecule has 2 aliphatic rings. The van der Waals surface area contributed by atoms with Gasteiger partial charge in [0.25, 0.3) is 5.91 Å². The third kappa shape index (κ3) is 4.46. The number of nitrogens with two attached hydrogens (primary N) is 1. The normalized spacial score (nSPS) is 29.0. The number of rotatable bonds is 7. The van der Waals surface area contributed by atoms with Crippen LogP contribution in [0.1, 0.15) is 61.6 Å². The predicted octanol–water partition coefficient (Wildman–Crippen LogP) is 1.65. The minimum Gasteiger partial charge on any atom is -0.391 e. The number of hydrogen-bond acceptors (Lipinski definition) is 6. The number of ether oxygens (including phenoxy) is 1. The zero-order chi connectivity index (χ0) is 17.8. The summed E-state index contributed by atoms with van der Waals surface area (Å²) in [7, 11) is 0. The van der Waals surface area contributed by atoms with Gasteiger partial charge >= 0.3 is 0 Å². The van der Waals surface area contributed by atoms with E-state index in [9.17, 15) is 9.90 Å². The molecule has 1 amide bonds. The Morgan fingerprint density at radius 3 is 2.92 bits per heavy atom. The largest absolute Gasteiger partial charge is 0.391 e. The van der Waals surface area contributed by atoms with Gasteiger partial charge in [-0.05, 0) is 51.4 Å². The maximum atomic E-state index is 11.7. The minimum absolute atomic E-state index is 0.0883. The number of anilines is 1. The molecule has 1 unspecified atom stereocenters. The molecule has 1 heterocycles. The maximum Gasteiger partial charge on any atom is 0.254 e. The summed E-state index contributed by atoms with van der Waals surface area (Å²) in [5.74, 6) is 1.10. The van der Waals surface area contributed by atoms with Crippen molar-refractivity contribution in [2.75, 3.05) is 11.9 Å². The lowest BCUT2D eigenvalue weighted by Crippen LogP contribution is -2.30. The summed E-state index contributed by atoms with van der Waals surface area (Å²) in [6.07, 6.45) is 8.00. The van der Waals surface area contributed by atoms with Crippen molar-refractivity contribution >= 4 is 11.7 Å². The van der Waals surface area contributed by atoms with Crippen LogP contribution in [0.15, 0.2) is 6.20 Å². The first-order chi connectivity index (χ1) is 12.1. The van der Waals surface area contributed by atoms with Crippen LogP contribution >= 0.6 is 0 Å². The van der Waals surface area contributed by atoms with Crippen LogP contribution in [-0.4, -0.2) is 45.8 Å². The van der Waals surface area contributed by atoms with Crippen molar-refractivity contribution < 1.29 is 14.6 Å². The fourth-order valence-electron chi connectivity index (χ4n) is 3.95. The number of nitrogens with one attached hydrogen (secondary N) is 1. The highest BCUT2D eigenvalue weighted by Gasteiger charge is 2.28. The number of primary amides is 1. The zero-order valence-corrected chi connectivity index (χ0v) is 14.8. The third-order valence-corrected chi connectivity index (χ3v) is 5.27. The highest BCUT2D eigenvalue weighted by molar-refractivity contribution is 5.97. The summed E-state index contributed by atoms with van der Waals surface area (Å²) in [5.41, 5.74) is 5.73. The van der Waals surface area contributed by atoms with E-state index in [4.69, 9.17) is 10.5 Å². The Bertz CT molecular complexity index is 610. The Morgan fingerprint density at radius 2 is 2.24 bits per heavy atom. The molecule has 7 nitrogen and oxygen atoms in total. The molecule has 1 aromatic rings. The van der Waals surface area contributed by atoms with Crippen molar-refractivity contribution in [1.82, 2.24) is 9.97 Å². The molecule has 0 bridgehead atoms. The molecule has 0 aliphatic heterocycles. The van der Waals surface area contributed by atoms with E-state index >= 15 is 0 Å². The second kappa shape index (κ2) is 8.10. The molecule has 0 saturated heterocycles. The summed E-state index contributed by atoms with van der Waals surface area (Å²) in [5, 5.41) is 13.2. The quantitative estimate of drug-likeness (QED) is 0.691. The van der Waals surface area contributed by atoms with Crippen molar-refractivity contribution in [2.45, 2.75) is 70.1 Å². The summed E-state index contributed by atoms with van der Waals surface area (Å²) in [6.45, 7) is 2.77. The molecule has 1 aromatic heterocycles. The molecule has 7 heteroatoms. The van der Waals surface area contributed by atoms with Gasteiger partial charge in [-0.3, -0.25) is 4.79 Å². The predicted molar refractivity (Wildman–Crippen MR) is 94.3 cm³/mol. The van der Waals surface area contributed by atoms with Gasteiger partial charge in [-0.15, -0.1) is 0 Å². The second-order valence-corrected chi connectivity index (χ2v) is 7.12. The first kappa shape index (κ1) is 18.1. The Hall–Kier alpha value is -1.73. The van der Waals surface area contributed by atoms with Gasteiger partial charge in [0.15, 0.2) is 0 Å². The number of aliphatic hydroxyl groups is 1. The lowest BCUT2D eigenvalue weighted by Gasteiger charge is -2.19. The highest BCUT2D eigenvalue weighted by atomic mass is 16.5. The highest BCUT2D eigenvalue weighted by Crippen LogP contribution is 2.30. The first-order valence-electron chi connectivity index (χ1n) is 9.28. The number of amides is 1. The molecular formula is C18H28N4O3. The Balaban J connectivity index is 1.70. The van der Waals surface area contributed by atoms with Crippen molar-refractivity contribution in [2.24, 2.45) is 11.7 Å². The van der Waals surface area contributed by atoms with Crippen LogP contribution in [-0.2, 0) is 11.2 Å². The molecular weight excluding hydrogens is 320 g/mol. The van der Waals surface area contributed by atoms with Gasteiger partial charge < -0.3 is 20.9 Å². The smallest absolute Gasteiger partial charge is 0.254 e. The molecule has 2 fully saturated rings. The van der Waals surface area contributed by atoms with Crippen LogP contribution in [0, 0.1) is 5.92 Å². The number of hydrogen-bond donors (Lipinski definition) is 3. The molecule has 2 aliphatic carbocycles. The van der Waals surface area contributed by atoms with Crippen LogP contribution in [0.4, 0.5) is 5.82 Å². The first-order valence-corrected chi connectivity index (χ1v) is 9.28. The topological polar surface area (TPSA) is 110 Å². The summed E-state index contributed by atoms with van der Waals surface area (Å²) in [6, 6.07) is -0.0883. The molecule has 3 rings (SSSR count). The Kier molecular flexibility index (Phi) is 5.86. The third-order valence-electron chi connectivity index (χ3n) is 5.27. The average molecular weight is 348 g/mol. The van der Waals surface area contributed by atoms with Crippen molar-refractivity contribution in [3.05, 3.63) is 17.6 Å². The standard InChI is InChI=1S/C18H28N4O3/c1-2-25-12-7-6-11(8-12)9-16-20-10-13(17(19)24)18(22-16)21-14-4-3-5-15(14)23/h10-12,14-15,23H,2-9H2,1H3,(H2,19,24)(H,20,21,22)/t11-,12-,14?,15+/m1/s1. The van der Waals surface area contributed by atoms with Gasteiger partial charge in [0.05, 0.1) is 23.8 Å². The van der Waals surface area contributed by atoms with Crippen LogP contribution in [0.3, 0.4) is 0 Å². The van der Waals surface area contributed by atoms with Crippen LogP contribution in [0.25, 0.3) is 0 Å². The second-order valence-electron chi connectivity index (χ2n) is 7.12. The van der Waals surface area contributed by atoms with E-state index in [1.54, 1.807) is 0 Å². The fourth-order valence-corrected chi connectivity index (χ4v) is 3.95. The van der Waals surface area contributed by atoms with Crippen LogP contribution in [0.2, 0.25) is 0 Å². The molecule has 4 atom stereocenters. The van der Waals surface area contributed by atoms with E-state index in [2.05, 4.69) is 15.3 Å². The Morgan fingerprint density at radius 1 is 1.40 bits per heavy atom. The number of carbonyl (C=O) groups excluding carboxylic acids is 1. The van der Waals surface area contributed by atoms with E-state index in [0.29, 0.717) is 23.7 Å². The summed E-state index contributed by atoms with van der Waals surface area (Å²) < 4.78 is 5.70. The van der Waals surface area contributed by atoms with E-state index in [-0.39, 0.29) is 11.6 Å². The molecule has 4 N–H and O–H groups in total. The summed E-state index contributed by atoms with van der Waals surface area (Å²) in [4.78, 5) is 20.6. The maximum absolute atomic E-state index is 11.7. The van der Waals surface area contributed by atoms with Gasteiger partial charge in [-0.2, -0.15) is 0 Å². The minimum atomic E-state index is -0.557. The molecule has 0 aromatic carbocycles. The SMILES string of the molecule is CCO[C@@H]1CC[C@@H](Cc2ncc(C(N)=O)c(NC3CCC[C@@H]3O)n2)C1. The van der Waals surface area contributed by atoms with Gasteiger partial charge in [0.2, 0.25) is 0 Å². The van der Waals surface area contributed by atoms with Gasteiger partial charge in [0, 0.05) is 19.2 Å². The van der Waals surface area contributed by atoms with E-state index < -0.39 is 12.0 Å². The molecule has 138 valence electrons. The molecule has 0 spiro atoms. The van der Waals surface area contributed by atoms with Gasteiger partial charge in [-0.1, -0.05) is 0 Å². The van der Waals surface area contributed by atoms with E-state index in [1.807, 2.05) is 6.92 Å². The van der Waals surface area contributed by atoms with E-state index in [1.165, 1.54) is 6.20 Å². The number of nitrogens with zero attached hydrogens (tertiary/aromatic N) is 2. The van der Waals surface area contributed by atoms with Gasteiger partial charge in [-0.25, -0.2) is 9.97 Å². The summed E-state index contributed by atoms with van der Waals surface area (Å²) >= 11 is 0. The van der Waals surface area contributed by atoms with E-state index in [0.717, 1.165) is 51.6 Å². The van der Waals surface area contributed by atoms with Crippen molar-refractivity contribution in [3.8, 4) is 0 Å². The molecule has 25 heavy (non-hydrogen) atoms. The average Bonchev–Trinajstić information content (AvgIpc) is 3.17. The lowest BCUT2D eigenvalue weighted by atomic mass is 10.0. The molecule has 2 saturated carbocycles. The fraction of sp³-hybridized carbons (Fsp3) is 0.722. The number of carbonyl (C=O) groups is 1. The Labute approximate surface area is 148 Å². The van der Waals surface area contributed by atoms with Crippen molar-refractivity contribution in [3.63, 3.8) is 0 Å². The molecule has 0 radical (unpaired) electrons. The zero-order valence-electron chi connectivity index (χ0n) is 14.8. The monoisotopic (exact) mass is 348 g/mol. The van der Waals surface area contributed by atoms with Crippen LogP contribution in [0.5, 0.6) is 0 Å². The van der Waals surface area contributed by atoms with Crippen LogP contribution < -0.4 is 11.1 Å². The van der Waals surface area contributed by atoms with Gasteiger partial charge in [0.1, 0.15) is 11.6 Å². The lowest BCUT2D eigenvalue weighted by molar-refractivity contribution is 0.0654. The number of aromatic nitrogens is 2.